The van der Waals surface area contributed by atoms with Crippen molar-refractivity contribution in [1.82, 2.24) is 0 Å². The van der Waals surface area contributed by atoms with Crippen molar-refractivity contribution in [2.45, 2.75) is 20.0 Å². The first-order chi connectivity index (χ1) is 7.59. The van der Waals surface area contributed by atoms with Gasteiger partial charge in [-0.3, -0.25) is 9.59 Å². The molecule has 1 unspecified atom stereocenters. The van der Waals surface area contributed by atoms with Gasteiger partial charge in [0.1, 0.15) is 6.61 Å². The topological polar surface area (TPSA) is 63.6 Å². The lowest BCUT2D eigenvalue weighted by Crippen LogP contribution is -2.17. The number of benzene rings is 1. The molecule has 0 saturated heterocycles. The van der Waals surface area contributed by atoms with Crippen molar-refractivity contribution >= 4 is 11.9 Å². The Balaban J connectivity index is 2.38. The zero-order valence-electron chi connectivity index (χ0n) is 9.05. The van der Waals surface area contributed by atoms with E-state index < -0.39 is 17.9 Å². The first kappa shape index (κ1) is 12.2. The molecule has 0 aliphatic heterocycles. The SMILES string of the molecule is CC(CC(=O)O)C(=O)OCc1ccccc1. The summed E-state index contributed by atoms with van der Waals surface area (Å²) < 4.78 is 4.99. The maximum absolute atomic E-state index is 11.4. The molecule has 0 amide bonds. The molecule has 1 rings (SSSR count). The Kier molecular flexibility index (Phi) is 4.51. The van der Waals surface area contributed by atoms with Gasteiger partial charge in [0, 0.05) is 0 Å². The van der Waals surface area contributed by atoms with Crippen LogP contribution in [0.15, 0.2) is 30.3 Å². The summed E-state index contributed by atoms with van der Waals surface area (Å²) in [6.45, 7) is 1.73. The Hall–Kier alpha value is -1.84. The van der Waals surface area contributed by atoms with E-state index in [2.05, 4.69) is 0 Å². The van der Waals surface area contributed by atoms with Crippen molar-refractivity contribution < 1.29 is 19.4 Å². The second-order valence-electron chi connectivity index (χ2n) is 3.59. The molecule has 0 spiro atoms. The lowest BCUT2D eigenvalue weighted by atomic mass is 10.1. The number of ether oxygens (including phenoxy) is 1. The van der Waals surface area contributed by atoms with E-state index in [-0.39, 0.29) is 13.0 Å². The third-order valence-corrected chi connectivity index (χ3v) is 2.11. The number of carbonyl (C=O) groups is 2. The second-order valence-corrected chi connectivity index (χ2v) is 3.59. The van der Waals surface area contributed by atoms with Crippen molar-refractivity contribution in [2.24, 2.45) is 5.92 Å². The molecule has 16 heavy (non-hydrogen) atoms. The van der Waals surface area contributed by atoms with E-state index in [0.717, 1.165) is 5.56 Å². The first-order valence-electron chi connectivity index (χ1n) is 5.02. The number of hydrogen-bond acceptors (Lipinski definition) is 3. The fraction of sp³-hybridized carbons (Fsp3) is 0.333. The molecular formula is C12H14O4. The molecule has 0 aromatic heterocycles. The average Bonchev–Trinajstić information content (AvgIpc) is 2.26. The highest BCUT2D eigenvalue weighted by molar-refractivity contribution is 5.78. The van der Waals surface area contributed by atoms with Gasteiger partial charge in [0.05, 0.1) is 12.3 Å². The van der Waals surface area contributed by atoms with Gasteiger partial charge in [0.2, 0.25) is 0 Å². The van der Waals surface area contributed by atoms with Crippen molar-refractivity contribution in [3.8, 4) is 0 Å². The van der Waals surface area contributed by atoms with E-state index in [1.165, 1.54) is 0 Å². The number of carboxylic acid groups (broad SMARTS) is 1. The lowest BCUT2D eigenvalue weighted by molar-refractivity contribution is -0.153. The number of hydrogen-bond donors (Lipinski definition) is 1. The Bertz CT molecular complexity index is 359. The van der Waals surface area contributed by atoms with Gasteiger partial charge in [-0.05, 0) is 5.56 Å². The van der Waals surface area contributed by atoms with Crippen LogP contribution in [0.3, 0.4) is 0 Å². The standard InChI is InChI=1S/C12H14O4/c1-9(7-11(13)14)12(15)16-8-10-5-3-2-4-6-10/h2-6,9H,7-8H2,1H3,(H,13,14). The van der Waals surface area contributed by atoms with Crippen LogP contribution >= 0.6 is 0 Å². The Morgan fingerprint density at radius 2 is 1.94 bits per heavy atom. The van der Waals surface area contributed by atoms with E-state index in [0.29, 0.717) is 0 Å². The van der Waals surface area contributed by atoms with Gasteiger partial charge in [-0.2, -0.15) is 0 Å². The van der Waals surface area contributed by atoms with E-state index in [4.69, 9.17) is 9.84 Å². The molecule has 1 aromatic rings. The van der Waals surface area contributed by atoms with Crippen LogP contribution < -0.4 is 0 Å². The predicted octanol–water partition coefficient (Wildman–Crippen LogP) is 1.84. The summed E-state index contributed by atoms with van der Waals surface area (Å²) in [5.74, 6) is -2.09. The zero-order chi connectivity index (χ0) is 12.0. The van der Waals surface area contributed by atoms with Crippen LogP contribution in [-0.4, -0.2) is 17.0 Å². The maximum atomic E-state index is 11.4. The number of carboxylic acids is 1. The predicted molar refractivity (Wildman–Crippen MR) is 57.7 cm³/mol. The van der Waals surface area contributed by atoms with Crippen LogP contribution in [0.4, 0.5) is 0 Å². The average molecular weight is 222 g/mol. The molecule has 0 aliphatic carbocycles. The number of carbonyl (C=O) groups excluding carboxylic acids is 1. The molecule has 0 aliphatic rings. The molecule has 1 aromatic carbocycles. The molecule has 0 fully saturated rings. The molecule has 1 atom stereocenters. The molecule has 1 N–H and O–H groups in total. The molecule has 86 valence electrons. The summed E-state index contributed by atoms with van der Waals surface area (Å²) in [6, 6.07) is 9.26. The number of rotatable bonds is 5. The van der Waals surface area contributed by atoms with Crippen LogP contribution in [-0.2, 0) is 20.9 Å². The summed E-state index contributed by atoms with van der Waals surface area (Å²) in [5, 5.41) is 8.51. The van der Waals surface area contributed by atoms with E-state index in [9.17, 15) is 9.59 Å². The summed E-state index contributed by atoms with van der Waals surface area (Å²) in [6.07, 6.45) is -0.201. The monoisotopic (exact) mass is 222 g/mol. The minimum Gasteiger partial charge on any atom is -0.481 e. The van der Waals surface area contributed by atoms with E-state index in [1.807, 2.05) is 30.3 Å². The molecule has 4 nitrogen and oxygen atoms in total. The molecular weight excluding hydrogens is 208 g/mol. The van der Waals surface area contributed by atoms with Crippen LogP contribution in [0.5, 0.6) is 0 Å². The quantitative estimate of drug-likeness (QED) is 0.772. The fourth-order valence-corrected chi connectivity index (χ4v) is 1.22. The highest BCUT2D eigenvalue weighted by Crippen LogP contribution is 2.07. The molecule has 0 radical (unpaired) electrons. The van der Waals surface area contributed by atoms with Crippen molar-refractivity contribution in [1.29, 1.82) is 0 Å². The summed E-state index contributed by atoms with van der Waals surface area (Å²) >= 11 is 0. The van der Waals surface area contributed by atoms with Crippen molar-refractivity contribution in [2.75, 3.05) is 0 Å². The smallest absolute Gasteiger partial charge is 0.309 e. The molecule has 0 bridgehead atoms. The first-order valence-corrected chi connectivity index (χ1v) is 5.02. The lowest BCUT2D eigenvalue weighted by Gasteiger charge is -2.09. The normalized spacial score (nSPS) is 11.8. The van der Waals surface area contributed by atoms with Crippen molar-refractivity contribution in [3.05, 3.63) is 35.9 Å². The second kappa shape index (κ2) is 5.90. The summed E-state index contributed by atoms with van der Waals surface area (Å²) in [7, 11) is 0. The molecule has 4 heteroatoms. The summed E-state index contributed by atoms with van der Waals surface area (Å²) in [4.78, 5) is 21.7. The maximum Gasteiger partial charge on any atom is 0.309 e. The van der Waals surface area contributed by atoms with Gasteiger partial charge >= 0.3 is 11.9 Å². The van der Waals surface area contributed by atoms with Crippen LogP contribution in [0.2, 0.25) is 0 Å². The van der Waals surface area contributed by atoms with Gasteiger partial charge < -0.3 is 9.84 Å². The summed E-state index contributed by atoms with van der Waals surface area (Å²) in [5.41, 5.74) is 0.887. The van der Waals surface area contributed by atoms with Crippen LogP contribution in [0, 0.1) is 5.92 Å². The minimum atomic E-state index is -0.996. The minimum absolute atomic E-state index is 0.184. The van der Waals surface area contributed by atoms with Gasteiger partial charge in [-0.15, -0.1) is 0 Å². The van der Waals surface area contributed by atoms with E-state index >= 15 is 0 Å². The van der Waals surface area contributed by atoms with E-state index in [1.54, 1.807) is 6.92 Å². The van der Waals surface area contributed by atoms with Crippen LogP contribution in [0.25, 0.3) is 0 Å². The molecule has 0 saturated carbocycles. The largest absolute Gasteiger partial charge is 0.481 e. The van der Waals surface area contributed by atoms with Crippen LogP contribution in [0.1, 0.15) is 18.9 Å². The van der Waals surface area contributed by atoms with Gasteiger partial charge in [0.25, 0.3) is 0 Å². The Labute approximate surface area is 93.9 Å². The fourth-order valence-electron chi connectivity index (χ4n) is 1.22. The third kappa shape index (κ3) is 4.13. The number of aliphatic carboxylic acids is 1. The Morgan fingerprint density at radius 1 is 1.31 bits per heavy atom. The highest BCUT2D eigenvalue weighted by Gasteiger charge is 2.17. The third-order valence-electron chi connectivity index (χ3n) is 2.11. The Morgan fingerprint density at radius 3 is 2.50 bits per heavy atom. The van der Waals surface area contributed by atoms with Gasteiger partial charge in [-0.25, -0.2) is 0 Å². The van der Waals surface area contributed by atoms with Gasteiger partial charge in [-0.1, -0.05) is 37.3 Å². The molecule has 0 heterocycles. The van der Waals surface area contributed by atoms with Gasteiger partial charge in [0.15, 0.2) is 0 Å². The van der Waals surface area contributed by atoms with Crippen molar-refractivity contribution in [3.63, 3.8) is 0 Å². The number of esters is 1. The highest BCUT2D eigenvalue weighted by atomic mass is 16.5. The zero-order valence-corrected chi connectivity index (χ0v) is 9.05.